The molecule has 0 radical (unpaired) electrons. The van der Waals surface area contributed by atoms with Crippen LogP contribution in [-0.2, 0) is 14.9 Å². The van der Waals surface area contributed by atoms with Gasteiger partial charge in [0.05, 0.1) is 18.8 Å². The third kappa shape index (κ3) is 7.76. The molecule has 1 unspecified atom stereocenters. The number of unbranched alkanes of at least 4 members (excludes halogenated alkanes) is 4. The minimum absolute atomic E-state index is 0.0206. The number of aliphatic hydroxyl groups is 2. The number of rotatable bonds is 13. The van der Waals surface area contributed by atoms with Crippen molar-refractivity contribution in [3.8, 4) is 0 Å². The lowest BCUT2D eigenvalue weighted by Crippen LogP contribution is -2.34. The molecule has 1 aliphatic carbocycles. The van der Waals surface area contributed by atoms with E-state index in [1.54, 1.807) is 0 Å². The fraction of sp³-hybridized carbons (Fsp3) is 0.667. The Morgan fingerprint density at radius 3 is 2.29 bits per heavy atom. The number of aliphatic hydroxyl groups excluding tert-OH is 2. The lowest BCUT2D eigenvalue weighted by molar-refractivity contribution is -0.141. The highest BCUT2D eigenvalue weighted by Crippen LogP contribution is 2.38. The van der Waals surface area contributed by atoms with Crippen molar-refractivity contribution in [3.05, 3.63) is 47.5 Å². The number of esters is 1. The van der Waals surface area contributed by atoms with Gasteiger partial charge in [-0.15, -0.1) is 0 Å². The SMILES string of the molecule is C=C(CO)C(=O)OCC(C)(CO)c1ccc(C2CCC(CCCCCCC)CC2)cc1. The summed E-state index contributed by atoms with van der Waals surface area (Å²) in [6, 6.07) is 8.46. The number of hydrogen-bond donors (Lipinski definition) is 2. The van der Waals surface area contributed by atoms with E-state index in [0.717, 1.165) is 11.5 Å². The first-order valence-electron chi connectivity index (χ1n) is 12.1. The van der Waals surface area contributed by atoms with Gasteiger partial charge in [-0.25, -0.2) is 4.79 Å². The molecule has 0 aliphatic heterocycles. The summed E-state index contributed by atoms with van der Waals surface area (Å²) in [7, 11) is 0. The third-order valence-corrected chi connectivity index (χ3v) is 6.99. The van der Waals surface area contributed by atoms with Gasteiger partial charge in [0.25, 0.3) is 0 Å². The van der Waals surface area contributed by atoms with Crippen LogP contribution in [0.1, 0.15) is 95.1 Å². The molecule has 0 spiro atoms. The van der Waals surface area contributed by atoms with E-state index >= 15 is 0 Å². The Balaban J connectivity index is 1.85. The topological polar surface area (TPSA) is 66.8 Å². The molecule has 1 atom stereocenters. The summed E-state index contributed by atoms with van der Waals surface area (Å²) in [5.74, 6) is 0.899. The number of ether oxygens (including phenoxy) is 1. The molecule has 174 valence electrons. The van der Waals surface area contributed by atoms with E-state index in [2.05, 4.69) is 37.8 Å². The van der Waals surface area contributed by atoms with E-state index in [1.807, 2.05) is 6.92 Å². The van der Waals surface area contributed by atoms with E-state index in [9.17, 15) is 9.90 Å². The number of carbonyl (C=O) groups is 1. The molecule has 0 saturated heterocycles. The standard InChI is InChI=1S/C27H42O4/c1-4-5-6-7-8-9-22-10-12-23(13-11-22)24-14-16-25(17-15-24)27(3,19-29)20-31-26(30)21(2)18-28/h14-17,22-23,28-29H,2,4-13,18-20H2,1,3H3. The average Bonchev–Trinajstić information content (AvgIpc) is 2.82. The highest BCUT2D eigenvalue weighted by Gasteiger charge is 2.29. The molecule has 0 aromatic heterocycles. The van der Waals surface area contributed by atoms with Gasteiger partial charge in [-0.1, -0.05) is 83.2 Å². The largest absolute Gasteiger partial charge is 0.461 e. The molecule has 1 saturated carbocycles. The predicted molar refractivity (Wildman–Crippen MR) is 126 cm³/mol. The fourth-order valence-electron chi connectivity index (χ4n) is 4.59. The van der Waals surface area contributed by atoms with Gasteiger partial charge < -0.3 is 14.9 Å². The maximum Gasteiger partial charge on any atom is 0.335 e. The molecule has 0 amide bonds. The summed E-state index contributed by atoms with van der Waals surface area (Å²) < 4.78 is 5.26. The second-order valence-electron chi connectivity index (χ2n) is 9.60. The predicted octanol–water partition coefficient (Wildman–Crippen LogP) is 5.66. The summed E-state index contributed by atoms with van der Waals surface area (Å²) in [6.45, 7) is 7.12. The van der Waals surface area contributed by atoms with Crippen LogP contribution in [0.15, 0.2) is 36.4 Å². The molecule has 1 aliphatic rings. The van der Waals surface area contributed by atoms with Crippen LogP contribution in [0, 0.1) is 5.92 Å². The van der Waals surface area contributed by atoms with Crippen molar-refractivity contribution in [2.75, 3.05) is 19.8 Å². The number of carbonyl (C=O) groups excluding carboxylic acids is 1. The highest BCUT2D eigenvalue weighted by molar-refractivity contribution is 5.87. The molecule has 31 heavy (non-hydrogen) atoms. The van der Waals surface area contributed by atoms with E-state index in [0.29, 0.717) is 5.92 Å². The quantitative estimate of drug-likeness (QED) is 0.241. The highest BCUT2D eigenvalue weighted by atomic mass is 16.5. The van der Waals surface area contributed by atoms with Gasteiger partial charge in [-0.2, -0.15) is 0 Å². The zero-order chi connectivity index (χ0) is 22.7. The van der Waals surface area contributed by atoms with Crippen molar-refractivity contribution in [3.63, 3.8) is 0 Å². The van der Waals surface area contributed by atoms with Gasteiger partial charge in [0.15, 0.2) is 0 Å². The lowest BCUT2D eigenvalue weighted by Gasteiger charge is -2.30. The molecule has 1 aromatic carbocycles. The Bertz CT molecular complexity index is 673. The zero-order valence-corrected chi connectivity index (χ0v) is 19.6. The first kappa shape index (κ1) is 25.6. The summed E-state index contributed by atoms with van der Waals surface area (Å²) >= 11 is 0. The summed E-state index contributed by atoms with van der Waals surface area (Å²) in [5, 5.41) is 19.0. The summed E-state index contributed by atoms with van der Waals surface area (Å²) in [4.78, 5) is 11.8. The van der Waals surface area contributed by atoms with Crippen molar-refractivity contribution >= 4 is 5.97 Å². The second kappa shape index (κ2) is 13.0. The summed E-state index contributed by atoms with van der Waals surface area (Å²) in [5.41, 5.74) is 1.66. The monoisotopic (exact) mass is 430 g/mol. The van der Waals surface area contributed by atoms with Crippen LogP contribution >= 0.6 is 0 Å². The molecule has 2 rings (SSSR count). The van der Waals surface area contributed by atoms with Crippen molar-refractivity contribution in [1.82, 2.24) is 0 Å². The molecule has 1 fully saturated rings. The maximum absolute atomic E-state index is 11.8. The van der Waals surface area contributed by atoms with Crippen molar-refractivity contribution < 1.29 is 19.7 Å². The molecule has 4 heteroatoms. The maximum atomic E-state index is 11.8. The Morgan fingerprint density at radius 2 is 1.71 bits per heavy atom. The molecule has 0 bridgehead atoms. The van der Waals surface area contributed by atoms with E-state index < -0.39 is 18.0 Å². The van der Waals surface area contributed by atoms with Gasteiger partial charge >= 0.3 is 5.97 Å². The summed E-state index contributed by atoms with van der Waals surface area (Å²) in [6.07, 6.45) is 13.4. The molecule has 1 aromatic rings. The van der Waals surface area contributed by atoms with Crippen LogP contribution < -0.4 is 0 Å². The lowest BCUT2D eigenvalue weighted by atomic mass is 9.76. The normalized spacial score (nSPS) is 20.8. The van der Waals surface area contributed by atoms with Gasteiger partial charge in [0.2, 0.25) is 0 Å². The minimum atomic E-state index is -0.681. The molecule has 4 nitrogen and oxygen atoms in total. The van der Waals surface area contributed by atoms with E-state index in [1.165, 1.54) is 69.8 Å². The van der Waals surface area contributed by atoms with E-state index in [4.69, 9.17) is 9.84 Å². The van der Waals surface area contributed by atoms with Crippen LogP contribution in [0.2, 0.25) is 0 Å². The van der Waals surface area contributed by atoms with Crippen LogP contribution in [-0.4, -0.2) is 36.0 Å². The van der Waals surface area contributed by atoms with E-state index in [-0.39, 0.29) is 18.8 Å². The number of hydrogen-bond acceptors (Lipinski definition) is 4. The Hall–Kier alpha value is -1.65. The zero-order valence-electron chi connectivity index (χ0n) is 19.6. The van der Waals surface area contributed by atoms with Crippen molar-refractivity contribution in [1.29, 1.82) is 0 Å². The Kier molecular flexibility index (Phi) is 10.8. The minimum Gasteiger partial charge on any atom is -0.461 e. The Morgan fingerprint density at radius 1 is 1.06 bits per heavy atom. The Labute approximate surface area is 188 Å². The van der Waals surface area contributed by atoms with Crippen molar-refractivity contribution in [2.45, 2.75) is 89.4 Å². The van der Waals surface area contributed by atoms with Crippen LogP contribution in [0.4, 0.5) is 0 Å². The van der Waals surface area contributed by atoms with Gasteiger partial charge in [-0.05, 0) is 48.6 Å². The first-order chi connectivity index (χ1) is 14.9. The average molecular weight is 431 g/mol. The molecule has 0 heterocycles. The van der Waals surface area contributed by atoms with Crippen LogP contribution in [0.25, 0.3) is 0 Å². The molecular weight excluding hydrogens is 388 g/mol. The molecular formula is C27H42O4. The third-order valence-electron chi connectivity index (χ3n) is 6.99. The van der Waals surface area contributed by atoms with Crippen LogP contribution in [0.5, 0.6) is 0 Å². The van der Waals surface area contributed by atoms with Crippen LogP contribution in [0.3, 0.4) is 0 Å². The van der Waals surface area contributed by atoms with Gasteiger partial charge in [-0.3, -0.25) is 0 Å². The fourth-order valence-corrected chi connectivity index (χ4v) is 4.59. The van der Waals surface area contributed by atoms with Crippen molar-refractivity contribution in [2.24, 2.45) is 5.92 Å². The smallest absolute Gasteiger partial charge is 0.335 e. The molecule has 2 N–H and O–H groups in total. The van der Waals surface area contributed by atoms with Gasteiger partial charge in [0.1, 0.15) is 6.61 Å². The van der Waals surface area contributed by atoms with Gasteiger partial charge in [0, 0.05) is 5.41 Å². The number of benzene rings is 1. The first-order valence-corrected chi connectivity index (χ1v) is 12.1. The second-order valence-corrected chi connectivity index (χ2v) is 9.60.